The van der Waals surface area contributed by atoms with Gasteiger partial charge in [-0.3, -0.25) is 10.1 Å². The molecule has 0 spiro atoms. The number of halogens is 1. The minimum absolute atomic E-state index is 0.382. The van der Waals surface area contributed by atoms with Crippen molar-refractivity contribution in [2.45, 2.75) is 6.92 Å². The Labute approximate surface area is 217 Å². The molecule has 0 saturated carbocycles. The SMILES string of the molecule is Cc1ccncc1-c1ccc2[nH]nc(-c3nc4nccc(-c5cc(F)cc(OCCN(C)C)c5)c4[nH]3)c2n1. The number of imidazole rings is 1. The zero-order valence-corrected chi connectivity index (χ0v) is 21.2. The molecule has 190 valence electrons. The summed E-state index contributed by atoms with van der Waals surface area (Å²) in [6.45, 7) is 3.20. The van der Waals surface area contributed by atoms with E-state index >= 15 is 0 Å². The van der Waals surface area contributed by atoms with E-state index in [0.29, 0.717) is 46.1 Å². The van der Waals surface area contributed by atoms with Crippen LogP contribution in [0.25, 0.3) is 56.1 Å². The van der Waals surface area contributed by atoms with Gasteiger partial charge in [0.1, 0.15) is 23.7 Å². The maximum absolute atomic E-state index is 14.5. The van der Waals surface area contributed by atoms with Gasteiger partial charge >= 0.3 is 0 Å². The quantitative estimate of drug-likeness (QED) is 0.312. The third kappa shape index (κ3) is 4.46. The molecule has 10 heteroatoms. The molecule has 6 aromatic rings. The average molecular weight is 509 g/mol. The van der Waals surface area contributed by atoms with Crippen LogP contribution in [0, 0.1) is 12.7 Å². The standard InChI is InChI=1S/C28H25FN8O/c1-16-6-8-30-15-21(16)22-4-5-23-25(32-22)26(36-35-23)28-33-24-20(7-9-31-27(24)34-28)17-12-18(29)14-19(13-17)38-11-10-37(2)3/h4-9,12-15H,10-11H2,1-3H3,(H,35,36)(H,31,33,34). The van der Waals surface area contributed by atoms with Crippen LogP contribution in [0.15, 0.2) is 61.1 Å². The molecule has 6 rings (SSSR count). The number of nitrogens with one attached hydrogen (secondary N) is 2. The molecule has 1 aromatic carbocycles. The van der Waals surface area contributed by atoms with Crippen LogP contribution in [0.4, 0.5) is 4.39 Å². The highest BCUT2D eigenvalue weighted by atomic mass is 19.1. The molecule has 0 fully saturated rings. The Morgan fingerprint density at radius 2 is 1.89 bits per heavy atom. The number of aryl methyl sites for hydroxylation is 1. The molecule has 0 radical (unpaired) electrons. The lowest BCUT2D eigenvalue weighted by Crippen LogP contribution is -2.19. The van der Waals surface area contributed by atoms with Gasteiger partial charge in [0.2, 0.25) is 0 Å². The highest BCUT2D eigenvalue weighted by molar-refractivity contribution is 5.95. The van der Waals surface area contributed by atoms with Gasteiger partial charge < -0.3 is 14.6 Å². The number of pyridine rings is 3. The van der Waals surface area contributed by atoms with Crippen LogP contribution in [-0.4, -0.2) is 67.3 Å². The maximum atomic E-state index is 14.5. The van der Waals surface area contributed by atoms with Crippen molar-refractivity contribution in [3.63, 3.8) is 0 Å². The van der Waals surface area contributed by atoms with E-state index in [9.17, 15) is 4.39 Å². The van der Waals surface area contributed by atoms with E-state index in [0.717, 1.165) is 34.4 Å². The number of likely N-dealkylation sites (N-methyl/N-ethyl adjacent to an activating group) is 1. The Kier molecular flexibility index (Phi) is 6.01. The minimum atomic E-state index is -0.382. The molecule has 5 heterocycles. The molecule has 0 unspecified atom stereocenters. The summed E-state index contributed by atoms with van der Waals surface area (Å²) in [5.41, 5.74) is 7.42. The Hall–Kier alpha value is -4.70. The van der Waals surface area contributed by atoms with Crippen LogP contribution in [0.5, 0.6) is 5.75 Å². The molecular weight excluding hydrogens is 483 g/mol. The molecule has 38 heavy (non-hydrogen) atoms. The summed E-state index contributed by atoms with van der Waals surface area (Å²) in [6, 6.07) is 12.3. The lowest BCUT2D eigenvalue weighted by molar-refractivity contribution is 0.260. The van der Waals surface area contributed by atoms with E-state index in [1.54, 1.807) is 18.6 Å². The molecule has 0 aliphatic rings. The van der Waals surface area contributed by atoms with Crippen LogP contribution < -0.4 is 4.74 Å². The molecule has 0 atom stereocenters. The van der Waals surface area contributed by atoms with Crippen molar-refractivity contribution in [2.75, 3.05) is 27.2 Å². The van der Waals surface area contributed by atoms with Gasteiger partial charge in [-0.1, -0.05) is 0 Å². The third-order valence-corrected chi connectivity index (χ3v) is 6.33. The highest BCUT2D eigenvalue weighted by Gasteiger charge is 2.18. The Balaban J connectivity index is 1.41. The summed E-state index contributed by atoms with van der Waals surface area (Å²) in [5.74, 6) is 0.595. The van der Waals surface area contributed by atoms with Crippen molar-refractivity contribution in [3.8, 4) is 39.7 Å². The van der Waals surface area contributed by atoms with Crippen molar-refractivity contribution < 1.29 is 9.13 Å². The second kappa shape index (κ2) is 9.64. The van der Waals surface area contributed by atoms with Gasteiger partial charge in [-0.25, -0.2) is 19.3 Å². The topological polar surface area (TPSA) is 108 Å². The van der Waals surface area contributed by atoms with Gasteiger partial charge in [0.25, 0.3) is 0 Å². The number of H-pyrrole nitrogens is 2. The van der Waals surface area contributed by atoms with Crippen LogP contribution in [0.1, 0.15) is 5.56 Å². The molecule has 0 aliphatic heterocycles. The van der Waals surface area contributed by atoms with Crippen LogP contribution in [-0.2, 0) is 0 Å². The normalized spacial score (nSPS) is 11.6. The second-order valence-electron chi connectivity index (χ2n) is 9.33. The predicted molar refractivity (Wildman–Crippen MR) is 144 cm³/mol. The van der Waals surface area contributed by atoms with Gasteiger partial charge in [-0.05, 0) is 68.5 Å². The first-order chi connectivity index (χ1) is 18.5. The molecule has 2 N–H and O–H groups in total. The molecule has 0 bridgehead atoms. The van der Waals surface area contributed by atoms with Gasteiger partial charge in [0, 0.05) is 42.3 Å². The number of rotatable bonds is 7. The number of hydrogen-bond donors (Lipinski definition) is 2. The fourth-order valence-corrected chi connectivity index (χ4v) is 4.36. The van der Waals surface area contributed by atoms with Crippen molar-refractivity contribution in [2.24, 2.45) is 0 Å². The first-order valence-electron chi connectivity index (χ1n) is 12.2. The van der Waals surface area contributed by atoms with Crippen LogP contribution in [0.2, 0.25) is 0 Å². The average Bonchev–Trinajstić information content (AvgIpc) is 3.52. The fraction of sp³-hybridized carbons (Fsp3) is 0.179. The first-order valence-corrected chi connectivity index (χ1v) is 12.2. The maximum Gasteiger partial charge on any atom is 0.178 e. The largest absolute Gasteiger partial charge is 0.492 e. The molecule has 0 aliphatic carbocycles. The molecule has 5 aromatic heterocycles. The Morgan fingerprint density at radius 3 is 2.74 bits per heavy atom. The molecule has 9 nitrogen and oxygen atoms in total. The lowest BCUT2D eigenvalue weighted by Gasteiger charge is -2.12. The van der Waals surface area contributed by atoms with Crippen molar-refractivity contribution >= 4 is 22.2 Å². The van der Waals surface area contributed by atoms with E-state index < -0.39 is 0 Å². The Morgan fingerprint density at radius 1 is 1.00 bits per heavy atom. The fourth-order valence-electron chi connectivity index (χ4n) is 4.36. The van der Waals surface area contributed by atoms with Crippen molar-refractivity contribution in [1.29, 1.82) is 0 Å². The second-order valence-corrected chi connectivity index (χ2v) is 9.33. The number of nitrogens with zero attached hydrogens (tertiary/aromatic N) is 6. The molecule has 0 amide bonds. The van der Waals surface area contributed by atoms with Crippen molar-refractivity contribution in [3.05, 3.63) is 72.4 Å². The Bertz CT molecular complexity index is 1770. The van der Waals surface area contributed by atoms with Crippen LogP contribution in [0.3, 0.4) is 0 Å². The van der Waals surface area contributed by atoms with Gasteiger partial charge in [0.15, 0.2) is 17.2 Å². The van der Waals surface area contributed by atoms with Gasteiger partial charge in [-0.15, -0.1) is 0 Å². The number of ether oxygens (including phenoxy) is 1. The van der Waals surface area contributed by atoms with Crippen molar-refractivity contribution in [1.82, 2.24) is 40.0 Å². The lowest BCUT2D eigenvalue weighted by atomic mass is 10.1. The predicted octanol–water partition coefficient (Wildman–Crippen LogP) is 5.01. The van der Waals surface area contributed by atoms with E-state index in [1.807, 2.05) is 56.3 Å². The molecule has 0 saturated heterocycles. The zero-order chi connectivity index (χ0) is 26.2. The highest BCUT2D eigenvalue weighted by Crippen LogP contribution is 2.33. The monoisotopic (exact) mass is 508 g/mol. The zero-order valence-electron chi connectivity index (χ0n) is 21.2. The number of benzene rings is 1. The smallest absolute Gasteiger partial charge is 0.178 e. The number of aromatic nitrogens is 7. The van der Waals surface area contributed by atoms with Crippen LogP contribution >= 0.6 is 0 Å². The summed E-state index contributed by atoms with van der Waals surface area (Å²) >= 11 is 0. The third-order valence-electron chi connectivity index (χ3n) is 6.33. The van der Waals surface area contributed by atoms with E-state index in [-0.39, 0.29) is 5.82 Å². The number of hydrogen-bond acceptors (Lipinski definition) is 7. The van der Waals surface area contributed by atoms with Gasteiger partial charge in [-0.2, -0.15) is 5.10 Å². The van der Waals surface area contributed by atoms with Gasteiger partial charge in [0.05, 0.1) is 16.7 Å². The van der Waals surface area contributed by atoms with E-state index in [1.165, 1.54) is 12.1 Å². The summed E-state index contributed by atoms with van der Waals surface area (Å²) in [6.07, 6.45) is 5.22. The van der Waals surface area contributed by atoms with E-state index in [2.05, 4.69) is 25.1 Å². The first kappa shape index (κ1) is 23.7. The summed E-state index contributed by atoms with van der Waals surface area (Å²) in [4.78, 5) is 23.6. The summed E-state index contributed by atoms with van der Waals surface area (Å²) < 4.78 is 20.3. The molecular formula is C28H25FN8O. The van der Waals surface area contributed by atoms with E-state index in [4.69, 9.17) is 14.7 Å². The minimum Gasteiger partial charge on any atom is -0.492 e. The number of fused-ring (bicyclic) bond motifs is 2. The number of aromatic amines is 2. The summed E-state index contributed by atoms with van der Waals surface area (Å²) in [5, 5.41) is 7.52. The summed E-state index contributed by atoms with van der Waals surface area (Å²) in [7, 11) is 3.92.